The number of aromatic nitrogens is 4. The van der Waals surface area contributed by atoms with E-state index in [1.54, 1.807) is 12.1 Å². The maximum atomic E-state index is 12.9. The second kappa shape index (κ2) is 5.96. The van der Waals surface area contributed by atoms with Gasteiger partial charge in [-0.05, 0) is 29.8 Å². The van der Waals surface area contributed by atoms with E-state index in [-0.39, 0.29) is 23.2 Å². The van der Waals surface area contributed by atoms with Crippen LogP contribution >= 0.6 is 11.6 Å². The summed E-state index contributed by atoms with van der Waals surface area (Å²) in [6.45, 7) is -0.123. The second-order valence-electron chi connectivity index (χ2n) is 4.57. The predicted octanol–water partition coefficient (Wildman–Crippen LogP) is 3.70. The van der Waals surface area contributed by atoms with Crippen molar-refractivity contribution in [3.05, 3.63) is 53.2 Å². The molecule has 0 aliphatic rings. The molecule has 1 N–H and O–H groups in total. The van der Waals surface area contributed by atoms with Gasteiger partial charge in [-0.3, -0.25) is 9.97 Å². The van der Waals surface area contributed by atoms with Crippen molar-refractivity contribution in [2.45, 2.75) is 12.7 Å². The molecule has 0 amide bonds. The first kappa shape index (κ1) is 15.4. The lowest BCUT2D eigenvalue weighted by molar-refractivity contribution is -0.141. The van der Waals surface area contributed by atoms with Crippen molar-refractivity contribution in [1.29, 1.82) is 0 Å². The van der Waals surface area contributed by atoms with Gasteiger partial charge in [-0.2, -0.15) is 18.2 Å². The number of nitrogens with zero attached hydrogens (tertiary/aromatic N) is 4. The van der Waals surface area contributed by atoms with Crippen molar-refractivity contribution in [2.75, 3.05) is 5.32 Å². The third kappa shape index (κ3) is 3.31. The summed E-state index contributed by atoms with van der Waals surface area (Å²) in [7, 11) is 0. The van der Waals surface area contributed by atoms with E-state index in [9.17, 15) is 13.2 Å². The van der Waals surface area contributed by atoms with Crippen LogP contribution in [0, 0.1) is 0 Å². The maximum Gasteiger partial charge on any atom is 0.433 e. The summed E-state index contributed by atoms with van der Waals surface area (Å²) in [5.41, 5.74) is -0.0182. The molecule has 5 nitrogen and oxygen atoms in total. The van der Waals surface area contributed by atoms with Crippen molar-refractivity contribution < 1.29 is 13.2 Å². The van der Waals surface area contributed by atoms with Gasteiger partial charge in [0.25, 0.3) is 0 Å². The minimum atomic E-state index is -4.53. The Labute approximate surface area is 133 Å². The molecule has 0 aromatic carbocycles. The molecular weight excluding hydrogens is 331 g/mol. The summed E-state index contributed by atoms with van der Waals surface area (Å²) in [6.07, 6.45) is -1.89. The van der Waals surface area contributed by atoms with E-state index in [0.29, 0.717) is 11.0 Å². The summed E-state index contributed by atoms with van der Waals surface area (Å²) in [5, 5.41) is 2.80. The molecule has 0 aliphatic heterocycles. The van der Waals surface area contributed by atoms with Crippen LogP contribution in [-0.2, 0) is 12.7 Å². The lowest BCUT2D eigenvalue weighted by atomic mass is 10.2. The van der Waals surface area contributed by atoms with Crippen LogP contribution in [0.25, 0.3) is 11.0 Å². The Bertz CT molecular complexity index is 853. The Hall–Kier alpha value is -2.48. The van der Waals surface area contributed by atoms with Crippen LogP contribution in [0.4, 0.5) is 19.0 Å². The van der Waals surface area contributed by atoms with Gasteiger partial charge in [0.15, 0.2) is 5.82 Å². The molecule has 3 heterocycles. The van der Waals surface area contributed by atoms with Gasteiger partial charge in [0.05, 0.1) is 5.52 Å². The van der Waals surface area contributed by atoms with Crippen LogP contribution in [0.15, 0.2) is 36.7 Å². The number of fused-ring (bicyclic) bond motifs is 1. The standard InChI is InChI=1S/C14H9ClF3N5/c15-13-22-9-4-2-5-19-10(9)12(23-13)21-7-8-3-1-6-20-11(8)14(16,17)18/h1-6H,7H2,(H,21,22,23). The molecule has 0 aliphatic carbocycles. The van der Waals surface area contributed by atoms with Gasteiger partial charge in [0.1, 0.15) is 11.2 Å². The van der Waals surface area contributed by atoms with Gasteiger partial charge in [-0.1, -0.05) is 6.07 Å². The predicted molar refractivity (Wildman–Crippen MR) is 78.9 cm³/mol. The molecule has 3 rings (SSSR count). The largest absolute Gasteiger partial charge is 0.433 e. The Morgan fingerprint density at radius 3 is 2.57 bits per heavy atom. The van der Waals surface area contributed by atoms with Crippen molar-refractivity contribution in [3.63, 3.8) is 0 Å². The summed E-state index contributed by atoms with van der Waals surface area (Å²) in [4.78, 5) is 15.5. The highest BCUT2D eigenvalue weighted by atomic mass is 35.5. The van der Waals surface area contributed by atoms with Gasteiger partial charge in [0, 0.05) is 24.5 Å². The fourth-order valence-electron chi connectivity index (χ4n) is 2.08. The van der Waals surface area contributed by atoms with Crippen molar-refractivity contribution >= 4 is 28.5 Å². The highest BCUT2D eigenvalue weighted by Crippen LogP contribution is 2.30. The van der Waals surface area contributed by atoms with E-state index in [0.717, 1.165) is 6.20 Å². The quantitative estimate of drug-likeness (QED) is 0.737. The molecule has 0 atom stereocenters. The van der Waals surface area contributed by atoms with Crippen LogP contribution in [0.3, 0.4) is 0 Å². The van der Waals surface area contributed by atoms with Gasteiger partial charge >= 0.3 is 6.18 Å². The topological polar surface area (TPSA) is 63.6 Å². The Morgan fingerprint density at radius 1 is 1.04 bits per heavy atom. The second-order valence-corrected chi connectivity index (χ2v) is 4.91. The molecule has 9 heteroatoms. The number of hydrogen-bond acceptors (Lipinski definition) is 5. The van der Waals surface area contributed by atoms with Gasteiger partial charge in [0.2, 0.25) is 5.28 Å². The zero-order valence-electron chi connectivity index (χ0n) is 11.5. The molecule has 0 saturated heterocycles. The number of alkyl halides is 3. The number of anilines is 1. The molecule has 0 bridgehead atoms. The summed E-state index contributed by atoms with van der Waals surface area (Å²) < 4.78 is 38.8. The minimum absolute atomic E-state index is 0.00110. The van der Waals surface area contributed by atoms with Gasteiger partial charge < -0.3 is 5.32 Å². The van der Waals surface area contributed by atoms with Crippen LogP contribution < -0.4 is 5.32 Å². The Balaban J connectivity index is 1.93. The van der Waals surface area contributed by atoms with Crippen molar-refractivity contribution in [3.8, 4) is 0 Å². The number of pyridine rings is 2. The van der Waals surface area contributed by atoms with E-state index >= 15 is 0 Å². The van der Waals surface area contributed by atoms with E-state index in [1.807, 2.05) is 0 Å². The van der Waals surface area contributed by atoms with Gasteiger partial charge in [-0.25, -0.2) is 4.98 Å². The average Bonchev–Trinajstić information content (AvgIpc) is 2.52. The molecule has 118 valence electrons. The molecule has 0 saturated carbocycles. The van der Waals surface area contributed by atoms with Crippen LogP contribution in [0.1, 0.15) is 11.3 Å². The summed E-state index contributed by atoms with van der Waals surface area (Å²) in [6, 6.07) is 6.15. The van der Waals surface area contributed by atoms with Crippen molar-refractivity contribution in [2.24, 2.45) is 0 Å². The number of halogens is 4. The molecule has 3 aromatic heterocycles. The first-order valence-electron chi connectivity index (χ1n) is 6.48. The molecular formula is C14H9ClF3N5. The zero-order chi connectivity index (χ0) is 16.4. The van der Waals surface area contributed by atoms with Crippen LogP contribution in [-0.4, -0.2) is 19.9 Å². The molecule has 0 spiro atoms. The lowest BCUT2D eigenvalue weighted by Gasteiger charge is -2.13. The van der Waals surface area contributed by atoms with Crippen molar-refractivity contribution in [1.82, 2.24) is 19.9 Å². The first-order chi connectivity index (χ1) is 10.9. The first-order valence-corrected chi connectivity index (χ1v) is 6.86. The lowest BCUT2D eigenvalue weighted by Crippen LogP contribution is -2.14. The molecule has 3 aromatic rings. The molecule has 23 heavy (non-hydrogen) atoms. The van der Waals surface area contributed by atoms with E-state index in [1.165, 1.54) is 18.3 Å². The zero-order valence-corrected chi connectivity index (χ0v) is 12.2. The van der Waals surface area contributed by atoms with E-state index in [4.69, 9.17) is 11.6 Å². The third-order valence-corrected chi connectivity index (χ3v) is 3.20. The SMILES string of the molecule is FC(F)(F)c1ncccc1CNc1nc(Cl)nc2cccnc12. The highest BCUT2D eigenvalue weighted by Gasteiger charge is 2.34. The minimum Gasteiger partial charge on any atom is -0.364 e. The summed E-state index contributed by atoms with van der Waals surface area (Å²) >= 11 is 5.83. The van der Waals surface area contributed by atoms with Gasteiger partial charge in [-0.15, -0.1) is 0 Å². The normalized spacial score (nSPS) is 11.7. The average molecular weight is 340 g/mol. The number of nitrogens with one attached hydrogen (secondary N) is 1. The fraction of sp³-hybridized carbons (Fsp3) is 0.143. The fourth-order valence-corrected chi connectivity index (χ4v) is 2.25. The Kier molecular flexibility index (Phi) is 3.99. The van der Waals surface area contributed by atoms with Crippen LogP contribution in [0.5, 0.6) is 0 Å². The number of hydrogen-bond donors (Lipinski definition) is 1. The summed E-state index contributed by atoms with van der Waals surface area (Å²) in [5.74, 6) is 0.262. The van der Waals surface area contributed by atoms with E-state index in [2.05, 4.69) is 25.3 Å². The maximum absolute atomic E-state index is 12.9. The monoisotopic (exact) mass is 339 g/mol. The highest BCUT2D eigenvalue weighted by molar-refractivity contribution is 6.28. The number of rotatable bonds is 3. The van der Waals surface area contributed by atoms with Crippen LogP contribution in [0.2, 0.25) is 5.28 Å². The van der Waals surface area contributed by atoms with E-state index < -0.39 is 11.9 Å². The molecule has 0 fully saturated rings. The molecule has 0 unspecified atom stereocenters. The smallest absolute Gasteiger partial charge is 0.364 e. The third-order valence-electron chi connectivity index (χ3n) is 3.03. The molecule has 0 radical (unpaired) electrons. The Morgan fingerprint density at radius 2 is 1.78 bits per heavy atom.